The predicted octanol–water partition coefficient (Wildman–Crippen LogP) is 4.30. The molecular weight excluding hydrogens is 256 g/mol. The summed E-state index contributed by atoms with van der Waals surface area (Å²) in [6.45, 7) is 13.3. The Labute approximate surface area is 133 Å². The van der Waals surface area contributed by atoms with E-state index in [1.54, 1.807) is 0 Å². The highest BCUT2D eigenvalue weighted by Crippen LogP contribution is 2.31. The highest BCUT2D eigenvalue weighted by atomic mass is 15.2. The Kier molecular flexibility index (Phi) is 7.01. The Morgan fingerprint density at radius 1 is 1.10 bits per heavy atom. The maximum atomic E-state index is 3.89. The number of nitrogens with one attached hydrogen (secondary N) is 1. The third kappa shape index (κ3) is 4.96. The van der Waals surface area contributed by atoms with Gasteiger partial charge < -0.3 is 5.32 Å². The molecule has 0 aromatic rings. The largest absolute Gasteiger partial charge is 0.311 e. The van der Waals surface area contributed by atoms with Crippen LogP contribution in [0.2, 0.25) is 0 Å². The standard InChI is InChI=1S/C19H38N2/c1-5-16(4)18-14-21(12-11-15(2)3)19(13-20-18)17-9-7-6-8-10-17/h15-20H,5-14H2,1-4H3. The summed E-state index contributed by atoms with van der Waals surface area (Å²) in [5.41, 5.74) is 0. The van der Waals surface area contributed by atoms with Crippen LogP contribution in [0, 0.1) is 17.8 Å². The van der Waals surface area contributed by atoms with Crippen LogP contribution in [0.4, 0.5) is 0 Å². The molecule has 0 aromatic carbocycles. The molecule has 1 saturated heterocycles. The first-order valence-corrected chi connectivity index (χ1v) is 9.59. The molecule has 0 bridgehead atoms. The summed E-state index contributed by atoms with van der Waals surface area (Å²) in [5, 5.41) is 3.89. The van der Waals surface area contributed by atoms with Gasteiger partial charge in [-0.2, -0.15) is 0 Å². The quantitative estimate of drug-likeness (QED) is 0.785. The Bertz CT molecular complexity index is 283. The van der Waals surface area contributed by atoms with E-state index >= 15 is 0 Å². The zero-order valence-corrected chi connectivity index (χ0v) is 14.9. The fourth-order valence-electron chi connectivity index (χ4n) is 4.18. The molecule has 0 spiro atoms. The smallest absolute Gasteiger partial charge is 0.0249 e. The molecule has 1 heterocycles. The molecule has 2 rings (SSSR count). The second kappa shape index (κ2) is 8.53. The van der Waals surface area contributed by atoms with Crippen molar-refractivity contribution < 1.29 is 0 Å². The van der Waals surface area contributed by atoms with Gasteiger partial charge >= 0.3 is 0 Å². The van der Waals surface area contributed by atoms with Crippen molar-refractivity contribution in [3.63, 3.8) is 0 Å². The molecular formula is C19H38N2. The van der Waals surface area contributed by atoms with Gasteiger partial charge in [-0.15, -0.1) is 0 Å². The molecule has 2 heteroatoms. The molecule has 0 aromatic heterocycles. The van der Waals surface area contributed by atoms with Crippen LogP contribution in [0.5, 0.6) is 0 Å². The molecule has 1 N–H and O–H groups in total. The molecule has 21 heavy (non-hydrogen) atoms. The van der Waals surface area contributed by atoms with E-state index < -0.39 is 0 Å². The second-order valence-electron chi connectivity index (χ2n) is 8.04. The van der Waals surface area contributed by atoms with Crippen molar-refractivity contribution >= 4 is 0 Å². The molecule has 2 nitrogen and oxygen atoms in total. The van der Waals surface area contributed by atoms with Crippen LogP contribution < -0.4 is 5.32 Å². The summed E-state index contributed by atoms with van der Waals surface area (Å²) in [6, 6.07) is 1.52. The van der Waals surface area contributed by atoms with Crippen LogP contribution in [0.15, 0.2) is 0 Å². The monoisotopic (exact) mass is 294 g/mol. The topological polar surface area (TPSA) is 15.3 Å². The number of rotatable bonds is 6. The number of hydrogen-bond acceptors (Lipinski definition) is 2. The minimum atomic E-state index is 0.710. The maximum Gasteiger partial charge on any atom is 0.0249 e. The summed E-state index contributed by atoms with van der Waals surface area (Å²) in [4.78, 5) is 2.86. The highest BCUT2D eigenvalue weighted by molar-refractivity contribution is 4.92. The first-order chi connectivity index (χ1) is 10.1. The van der Waals surface area contributed by atoms with E-state index in [-0.39, 0.29) is 0 Å². The van der Waals surface area contributed by atoms with E-state index in [4.69, 9.17) is 0 Å². The molecule has 1 aliphatic carbocycles. The van der Waals surface area contributed by atoms with Gasteiger partial charge in [0, 0.05) is 25.2 Å². The minimum Gasteiger partial charge on any atom is -0.311 e. The van der Waals surface area contributed by atoms with Crippen molar-refractivity contribution in [1.82, 2.24) is 10.2 Å². The van der Waals surface area contributed by atoms with Crippen molar-refractivity contribution in [2.75, 3.05) is 19.6 Å². The second-order valence-corrected chi connectivity index (χ2v) is 8.04. The lowest BCUT2D eigenvalue weighted by molar-refractivity contribution is 0.0556. The molecule has 0 amide bonds. The molecule has 3 unspecified atom stereocenters. The fourth-order valence-corrected chi connectivity index (χ4v) is 4.18. The average Bonchev–Trinajstić information content (AvgIpc) is 2.52. The third-order valence-corrected chi connectivity index (χ3v) is 6.01. The van der Waals surface area contributed by atoms with Crippen molar-refractivity contribution in [3.05, 3.63) is 0 Å². The van der Waals surface area contributed by atoms with Crippen LogP contribution in [-0.4, -0.2) is 36.6 Å². The maximum absolute atomic E-state index is 3.89. The van der Waals surface area contributed by atoms with Crippen LogP contribution in [-0.2, 0) is 0 Å². The van der Waals surface area contributed by atoms with Gasteiger partial charge in [0.05, 0.1) is 0 Å². The average molecular weight is 295 g/mol. The molecule has 2 fully saturated rings. The molecule has 3 atom stereocenters. The summed E-state index contributed by atoms with van der Waals surface area (Å²) >= 11 is 0. The molecule has 1 aliphatic heterocycles. The summed E-state index contributed by atoms with van der Waals surface area (Å²) < 4.78 is 0. The number of nitrogens with zero attached hydrogens (tertiary/aromatic N) is 1. The van der Waals surface area contributed by atoms with Crippen molar-refractivity contribution in [1.29, 1.82) is 0 Å². The third-order valence-electron chi connectivity index (χ3n) is 6.01. The normalized spacial score (nSPS) is 30.7. The SMILES string of the molecule is CCC(C)C1CN(CCC(C)C)C(C2CCCCC2)CN1. The molecule has 2 aliphatic rings. The van der Waals surface area contributed by atoms with Crippen LogP contribution in [0.25, 0.3) is 0 Å². The van der Waals surface area contributed by atoms with Gasteiger partial charge in [-0.25, -0.2) is 0 Å². The van der Waals surface area contributed by atoms with Crippen LogP contribution >= 0.6 is 0 Å². The first kappa shape index (κ1) is 17.3. The molecule has 1 saturated carbocycles. The van der Waals surface area contributed by atoms with Crippen molar-refractivity contribution in [2.45, 2.75) is 84.7 Å². The van der Waals surface area contributed by atoms with Crippen LogP contribution in [0.3, 0.4) is 0 Å². The van der Waals surface area contributed by atoms with Gasteiger partial charge in [0.15, 0.2) is 0 Å². The van der Waals surface area contributed by atoms with E-state index in [1.807, 2.05) is 0 Å². The Balaban J connectivity index is 1.96. The Morgan fingerprint density at radius 2 is 1.81 bits per heavy atom. The molecule has 124 valence electrons. The zero-order valence-electron chi connectivity index (χ0n) is 14.9. The first-order valence-electron chi connectivity index (χ1n) is 9.59. The fraction of sp³-hybridized carbons (Fsp3) is 1.00. The van der Waals surface area contributed by atoms with Gasteiger partial charge in [-0.1, -0.05) is 53.4 Å². The summed E-state index contributed by atoms with van der Waals surface area (Å²) in [7, 11) is 0. The zero-order chi connectivity index (χ0) is 15.2. The van der Waals surface area contributed by atoms with E-state index in [1.165, 1.54) is 64.6 Å². The lowest BCUT2D eigenvalue weighted by Gasteiger charge is -2.46. The predicted molar refractivity (Wildman–Crippen MR) is 92.6 cm³/mol. The van der Waals surface area contributed by atoms with Gasteiger partial charge in [0.25, 0.3) is 0 Å². The lowest BCUT2D eigenvalue weighted by Crippen LogP contribution is -2.60. The van der Waals surface area contributed by atoms with E-state index in [0.717, 1.165) is 23.8 Å². The van der Waals surface area contributed by atoms with Gasteiger partial charge in [0.1, 0.15) is 0 Å². The van der Waals surface area contributed by atoms with Gasteiger partial charge in [0.2, 0.25) is 0 Å². The van der Waals surface area contributed by atoms with E-state index in [9.17, 15) is 0 Å². The summed E-state index contributed by atoms with van der Waals surface area (Å²) in [5.74, 6) is 2.59. The van der Waals surface area contributed by atoms with Crippen molar-refractivity contribution in [2.24, 2.45) is 17.8 Å². The van der Waals surface area contributed by atoms with E-state index in [2.05, 4.69) is 37.9 Å². The van der Waals surface area contributed by atoms with Crippen LogP contribution in [0.1, 0.15) is 72.6 Å². The Morgan fingerprint density at radius 3 is 2.43 bits per heavy atom. The minimum absolute atomic E-state index is 0.710. The Hall–Kier alpha value is -0.0800. The lowest BCUT2D eigenvalue weighted by atomic mass is 9.81. The highest BCUT2D eigenvalue weighted by Gasteiger charge is 2.34. The van der Waals surface area contributed by atoms with Gasteiger partial charge in [-0.05, 0) is 43.6 Å². The van der Waals surface area contributed by atoms with Gasteiger partial charge in [-0.3, -0.25) is 4.90 Å². The van der Waals surface area contributed by atoms with Crippen molar-refractivity contribution in [3.8, 4) is 0 Å². The summed E-state index contributed by atoms with van der Waals surface area (Å²) in [6.07, 6.45) is 10.00. The number of piperazine rings is 1. The molecule has 0 radical (unpaired) electrons. The van der Waals surface area contributed by atoms with E-state index in [0.29, 0.717) is 6.04 Å². The number of hydrogen-bond donors (Lipinski definition) is 1.